The number of halogens is 1. The lowest BCUT2D eigenvalue weighted by Gasteiger charge is -2.41. The molecule has 29 heavy (non-hydrogen) atoms. The van der Waals surface area contributed by atoms with Crippen LogP contribution in [0.3, 0.4) is 0 Å². The molecule has 3 nitrogen and oxygen atoms in total. The Bertz CT molecular complexity index is 775. The van der Waals surface area contributed by atoms with Crippen LogP contribution in [-0.2, 0) is 6.42 Å². The highest BCUT2D eigenvalue weighted by atomic mass is 32.2. The van der Waals surface area contributed by atoms with Crippen molar-refractivity contribution < 1.29 is 9.18 Å². The van der Waals surface area contributed by atoms with E-state index in [0.29, 0.717) is 23.9 Å². The first-order valence-electron chi connectivity index (χ1n) is 10.3. The third kappa shape index (κ3) is 5.62. The second kappa shape index (κ2) is 10.6. The number of nitrogens with zero attached hydrogens (tertiary/aromatic N) is 2. The first-order chi connectivity index (χ1) is 14.0. The van der Waals surface area contributed by atoms with Crippen molar-refractivity contribution in [2.45, 2.75) is 38.3 Å². The Hall–Kier alpha value is -1.37. The van der Waals surface area contributed by atoms with Crippen molar-refractivity contribution in [2.75, 3.05) is 32.1 Å². The highest BCUT2D eigenvalue weighted by Gasteiger charge is 2.33. The van der Waals surface area contributed by atoms with Crippen LogP contribution < -0.4 is 0 Å². The second-order valence-corrected chi connectivity index (χ2v) is 9.66. The van der Waals surface area contributed by atoms with E-state index in [1.807, 2.05) is 52.7 Å². The van der Waals surface area contributed by atoms with Crippen molar-refractivity contribution in [3.8, 4) is 0 Å². The highest BCUT2D eigenvalue weighted by Crippen LogP contribution is 2.29. The summed E-state index contributed by atoms with van der Waals surface area (Å²) in [6.45, 7) is 4.38. The maximum atomic E-state index is 14.4. The summed E-state index contributed by atoms with van der Waals surface area (Å²) >= 11 is 3.42. The monoisotopic (exact) mass is 434 g/mol. The fourth-order valence-electron chi connectivity index (χ4n) is 4.34. The lowest BCUT2D eigenvalue weighted by molar-refractivity contribution is 0.0563. The molecule has 0 bridgehead atoms. The molecule has 0 N–H and O–H groups in total. The summed E-state index contributed by atoms with van der Waals surface area (Å²) in [5.74, 6) is 1.37. The summed E-state index contributed by atoms with van der Waals surface area (Å²) in [6.07, 6.45) is 4.79. The minimum atomic E-state index is -0.181. The molecule has 0 aliphatic carbocycles. The van der Waals surface area contributed by atoms with E-state index in [1.165, 1.54) is 17.4 Å². The van der Waals surface area contributed by atoms with Crippen molar-refractivity contribution in [2.24, 2.45) is 5.92 Å². The average molecular weight is 435 g/mol. The summed E-state index contributed by atoms with van der Waals surface area (Å²) < 4.78 is 14.4. The number of thioether (sulfide) groups is 1. The van der Waals surface area contributed by atoms with Gasteiger partial charge in [0.15, 0.2) is 0 Å². The van der Waals surface area contributed by atoms with Gasteiger partial charge in [0.1, 0.15) is 5.82 Å². The second-order valence-electron chi connectivity index (χ2n) is 7.97. The molecule has 1 aromatic heterocycles. The quantitative estimate of drug-likeness (QED) is 0.582. The zero-order valence-electron chi connectivity index (χ0n) is 17.5. The Morgan fingerprint density at radius 1 is 1.31 bits per heavy atom. The molecule has 2 atom stereocenters. The SMILES string of the molecule is CSC[C@@H](C)N1CCC([C@@H](Cc2ccccc2F)N(C)C(=O)c2ccsc2)CC1. The molecule has 0 spiro atoms. The van der Waals surface area contributed by atoms with Crippen molar-refractivity contribution in [1.82, 2.24) is 9.80 Å². The van der Waals surface area contributed by atoms with Crippen LogP contribution in [0.1, 0.15) is 35.7 Å². The largest absolute Gasteiger partial charge is 0.338 e. The van der Waals surface area contributed by atoms with Crippen LogP contribution in [0.2, 0.25) is 0 Å². The van der Waals surface area contributed by atoms with Gasteiger partial charge in [-0.2, -0.15) is 23.1 Å². The van der Waals surface area contributed by atoms with Crippen molar-refractivity contribution in [3.63, 3.8) is 0 Å². The van der Waals surface area contributed by atoms with Crippen LogP contribution in [0.15, 0.2) is 41.1 Å². The van der Waals surface area contributed by atoms with E-state index in [4.69, 9.17) is 0 Å². The maximum Gasteiger partial charge on any atom is 0.254 e. The van der Waals surface area contributed by atoms with Crippen LogP contribution in [0.4, 0.5) is 4.39 Å². The van der Waals surface area contributed by atoms with E-state index in [0.717, 1.165) is 37.2 Å². The number of thiophene rings is 1. The Labute approximate surface area is 182 Å². The highest BCUT2D eigenvalue weighted by molar-refractivity contribution is 7.98. The topological polar surface area (TPSA) is 23.6 Å². The number of carbonyl (C=O) groups is 1. The van der Waals surface area contributed by atoms with Crippen LogP contribution in [-0.4, -0.2) is 59.9 Å². The van der Waals surface area contributed by atoms with Crippen LogP contribution in [0.25, 0.3) is 0 Å². The molecule has 1 aliphatic heterocycles. The number of benzene rings is 1. The molecule has 0 unspecified atom stereocenters. The third-order valence-corrected chi connectivity index (χ3v) is 7.62. The van der Waals surface area contributed by atoms with Gasteiger partial charge in [0.05, 0.1) is 5.56 Å². The molecule has 1 amide bonds. The van der Waals surface area contributed by atoms with E-state index >= 15 is 0 Å². The summed E-state index contributed by atoms with van der Waals surface area (Å²) in [6, 6.07) is 9.40. The Morgan fingerprint density at radius 3 is 2.66 bits per heavy atom. The molecule has 6 heteroatoms. The van der Waals surface area contributed by atoms with Crippen molar-refractivity contribution in [1.29, 1.82) is 0 Å². The van der Waals surface area contributed by atoms with Crippen LogP contribution >= 0.6 is 23.1 Å². The predicted octanol–water partition coefficient (Wildman–Crippen LogP) is 5.03. The normalized spacial score (nSPS) is 17.8. The van der Waals surface area contributed by atoms with Gasteiger partial charge in [-0.25, -0.2) is 4.39 Å². The minimum Gasteiger partial charge on any atom is -0.338 e. The number of likely N-dealkylation sites (tertiary alicyclic amines) is 1. The number of amides is 1. The van der Waals surface area contributed by atoms with Crippen molar-refractivity contribution >= 4 is 29.0 Å². The standard InChI is InChI=1S/C23H31FN2OS2/c1-17(15-28-3)26-11-8-18(9-12-26)22(14-19-6-4-5-7-21(19)24)25(2)23(27)20-10-13-29-16-20/h4-7,10,13,16-18,22H,8-9,11-12,14-15H2,1-3H3/t17-,22-/m1/s1. The summed E-state index contributed by atoms with van der Waals surface area (Å²) in [7, 11) is 1.88. The number of hydrogen-bond donors (Lipinski definition) is 0. The van der Waals surface area contributed by atoms with E-state index in [-0.39, 0.29) is 17.8 Å². The maximum absolute atomic E-state index is 14.4. The van der Waals surface area contributed by atoms with E-state index < -0.39 is 0 Å². The van der Waals surface area contributed by atoms with Gasteiger partial charge >= 0.3 is 0 Å². The third-order valence-electron chi connectivity index (χ3n) is 6.12. The van der Waals surface area contributed by atoms with Crippen LogP contribution in [0.5, 0.6) is 0 Å². The first-order valence-corrected chi connectivity index (χ1v) is 12.6. The Morgan fingerprint density at radius 2 is 2.03 bits per heavy atom. The van der Waals surface area contributed by atoms with E-state index in [1.54, 1.807) is 6.07 Å². The van der Waals surface area contributed by atoms with Gasteiger partial charge in [0.25, 0.3) is 5.91 Å². The molecule has 2 heterocycles. The molecule has 0 radical (unpaired) electrons. The molecular weight excluding hydrogens is 403 g/mol. The summed E-state index contributed by atoms with van der Waals surface area (Å²) in [4.78, 5) is 17.5. The fraction of sp³-hybridized carbons (Fsp3) is 0.522. The fourth-order valence-corrected chi connectivity index (χ4v) is 5.66. The molecule has 1 saturated heterocycles. The number of hydrogen-bond acceptors (Lipinski definition) is 4. The zero-order valence-corrected chi connectivity index (χ0v) is 19.1. The number of carbonyl (C=O) groups excluding carboxylic acids is 1. The van der Waals surface area contributed by atoms with Gasteiger partial charge in [-0.15, -0.1) is 0 Å². The minimum absolute atomic E-state index is 0.00249. The Balaban J connectivity index is 1.76. The van der Waals surface area contributed by atoms with Crippen LogP contribution in [0, 0.1) is 11.7 Å². The van der Waals surface area contributed by atoms with Gasteiger partial charge < -0.3 is 4.90 Å². The number of likely N-dealkylation sites (N-methyl/N-ethyl adjacent to an activating group) is 1. The zero-order chi connectivity index (χ0) is 20.8. The molecule has 158 valence electrons. The molecule has 1 aliphatic rings. The van der Waals surface area contributed by atoms with Gasteiger partial charge in [0, 0.05) is 30.3 Å². The molecule has 3 rings (SSSR count). The van der Waals surface area contributed by atoms with Gasteiger partial charge in [0.2, 0.25) is 0 Å². The van der Waals surface area contributed by atoms with Gasteiger partial charge in [-0.1, -0.05) is 18.2 Å². The molecule has 1 fully saturated rings. The molecule has 2 aromatic rings. The smallest absolute Gasteiger partial charge is 0.254 e. The number of piperidine rings is 1. The molecular formula is C23H31FN2OS2. The van der Waals surface area contributed by atoms with E-state index in [9.17, 15) is 9.18 Å². The predicted molar refractivity (Wildman–Crippen MR) is 122 cm³/mol. The first kappa shape index (κ1) is 22.3. The van der Waals surface area contributed by atoms with E-state index in [2.05, 4.69) is 18.1 Å². The molecule has 0 saturated carbocycles. The lowest BCUT2D eigenvalue weighted by atomic mass is 9.84. The average Bonchev–Trinajstić information content (AvgIpc) is 3.27. The number of rotatable bonds is 8. The summed E-state index contributed by atoms with van der Waals surface area (Å²) in [5, 5.41) is 3.82. The van der Waals surface area contributed by atoms with Gasteiger partial charge in [-0.3, -0.25) is 9.69 Å². The lowest BCUT2D eigenvalue weighted by Crippen LogP contribution is -2.49. The Kier molecular flexibility index (Phi) is 8.16. The molecule has 1 aromatic carbocycles. The summed E-state index contributed by atoms with van der Waals surface area (Å²) in [5.41, 5.74) is 1.42. The van der Waals surface area contributed by atoms with Gasteiger partial charge in [-0.05, 0) is 74.5 Å². The van der Waals surface area contributed by atoms with Crippen molar-refractivity contribution in [3.05, 3.63) is 58.0 Å².